The average Bonchev–Trinajstić information content (AvgIpc) is 1.15. The first-order valence-corrected chi connectivity index (χ1v) is 39.5. The molecule has 18 nitrogen and oxygen atoms in total. The van der Waals surface area contributed by atoms with Crippen LogP contribution in [0, 0.1) is 71.0 Å². The third-order valence-electron chi connectivity index (χ3n) is 21.1. The summed E-state index contributed by atoms with van der Waals surface area (Å²) in [5.74, 6) is 2.53. The van der Waals surface area contributed by atoms with Crippen LogP contribution in [0.15, 0.2) is 0 Å². The largest absolute Gasteiger partial charge is 0.462 e. The van der Waals surface area contributed by atoms with Crippen LogP contribution in [0.4, 0.5) is 0 Å². The molecule has 0 radical (unpaired) electrons. The van der Waals surface area contributed by atoms with Gasteiger partial charge in [0.15, 0.2) is 0 Å². The fourth-order valence-corrected chi connectivity index (χ4v) is 14.8. The zero-order valence-corrected chi connectivity index (χ0v) is 62.4. The molecule has 4 aliphatic carbocycles. The summed E-state index contributed by atoms with van der Waals surface area (Å²) < 4.78 is 44.3. The van der Waals surface area contributed by atoms with Crippen LogP contribution in [0.25, 0.3) is 0 Å². The molecule has 0 heterocycles. The average molecular weight is 1370 g/mol. The second kappa shape index (κ2) is 51.8. The third-order valence-corrected chi connectivity index (χ3v) is 21.1. The van der Waals surface area contributed by atoms with Crippen molar-refractivity contribution >= 4 is 47.8 Å². The monoisotopic (exact) mass is 1370 g/mol. The molecule has 4 fully saturated rings. The molecule has 0 aromatic carbocycles. The number of carbonyl (C=O) groups is 8. The van der Waals surface area contributed by atoms with Gasteiger partial charge in [0.2, 0.25) is 0 Å². The molecule has 0 saturated heterocycles. The molecular formula is C79H138N2O16. The lowest BCUT2D eigenvalue weighted by Crippen LogP contribution is -2.31. The van der Waals surface area contributed by atoms with Crippen LogP contribution in [-0.4, -0.2) is 150 Å². The summed E-state index contributed by atoms with van der Waals surface area (Å²) in [6, 6.07) is 0. The molecule has 0 atom stereocenters. The summed E-state index contributed by atoms with van der Waals surface area (Å²) in [6.45, 7) is 20.5. The lowest BCUT2D eigenvalue weighted by Gasteiger charge is -2.27. The summed E-state index contributed by atoms with van der Waals surface area (Å²) in [7, 11) is 0. The van der Waals surface area contributed by atoms with E-state index in [0.717, 1.165) is 134 Å². The van der Waals surface area contributed by atoms with Gasteiger partial charge in [0.05, 0.1) is 49.4 Å². The maximum Gasteiger partial charge on any atom is 0.309 e. The van der Waals surface area contributed by atoms with Crippen molar-refractivity contribution in [1.29, 1.82) is 0 Å². The molecule has 4 saturated carbocycles. The van der Waals surface area contributed by atoms with Crippen molar-refractivity contribution < 1.29 is 76.3 Å². The molecule has 0 aromatic heterocycles. The van der Waals surface area contributed by atoms with Crippen molar-refractivity contribution in [3.8, 4) is 0 Å². The van der Waals surface area contributed by atoms with E-state index in [1.54, 1.807) is 0 Å². The van der Waals surface area contributed by atoms with Gasteiger partial charge in [0.25, 0.3) is 0 Å². The molecule has 0 amide bonds. The highest BCUT2D eigenvalue weighted by atomic mass is 16.6. The van der Waals surface area contributed by atoms with Gasteiger partial charge >= 0.3 is 47.8 Å². The topological polar surface area (TPSA) is 217 Å². The van der Waals surface area contributed by atoms with E-state index < -0.39 is 23.9 Å². The SMILES string of the molecule is CC(C)CCCCC1CCC(C(=O)OCCOC(=O)CCN(CCCCCCN(CCC(=O)OCCOC(=O)C2CCC(CCCC(C)C)CC2)CCC(=O)OCCOC(=O)C2CCC(CCCC(C)C)CC2)CCC(=O)OCCOC(=O)C2CCC(CCCC(C)C)CC2)CC1. The number of carbonyl (C=O) groups excluding carboxylic acids is 8. The first-order valence-electron chi connectivity index (χ1n) is 39.5. The lowest BCUT2D eigenvalue weighted by atomic mass is 9.79. The van der Waals surface area contributed by atoms with E-state index in [1.807, 2.05) is 0 Å². The Morgan fingerprint density at radius 1 is 0.258 bits per heavy atom. The number of unbranched alkanes of at least 4 members (excludes halogenated alkanes) is 4. The van der Waals surface area contributed by atoms with Crippen molar-refractivity contribution in [3.05, 3.63) is 0 Å². The third kappa shape index (κ3) is 41.3. The van der Waals surface area contributed by atoms with Gasteiger partial charge in [0, 0.05) is 26.2 Å². The molecule has 0 aromatic rings. The first-order chi connectivity index (χ1) is 46.7. The molecule has 4 rings (SSSR count). The van der Waals surface area contributed by atoms with E-state index in [0.29, 0.717) is 80.7 Å². The van der Waals surface area contributed by atoms with Gasteiger partial charge in [-0.1, -0.05) is 152 Å². The molecular weight excluding hydrogens is 1230 g/mol. The Kier molecular flexibility index (Phi) is 45.4. The number of ether oxygens (including phenoxy) is 8. The molecule has 0 spiro atoms. The van der Waals surface area contributed by atoms with Crippen LogP contribution in [0.1, 0.15) is 293 Å². The number of hydrogen-bond acceptors (Lipinski definition) is 18. The van der Waals surface area contributed by atoms with Gasteiger partial charge < -0.3 is 47.7 Å². The van der Waals surface area contributed by atoms with E-state index in [-0.39, 0.29) is 126 Å². The second-order valence-corrected chi connectivity index (χ2v) is 31.2. The minimum Gasteiger partial charge on any atom is -0.462 e. The standard InChI is InChI=1S/C79H138N2O16/c1-60(2)18-11-12-22-64-26-34-68(35-27-64)76(86)94-56-52-90-72(82)42-48-80(49-43-73(83)91-53-57-95-77(87)69-36-28-65(29-37-69)23-15-19-61(3)4)46-13-9-10-14-47-81(50-44-74(84)92-54-58-96-78(88)70-38-30-66(31-39-70)24-16-20-62(5)6)51-45-75(85)93-55-59-97-79(89)71-40-32-67(33-41-71)25-17-21-63(7)8/h60-71H,9-59H2,1-8H3. The highest BCUT2D eigenvalue weighted by Gasteiger charge is 2.31. The maximum absolute atomic E-state index is 13.1. The molecule has 560 valence electrons. The summed E-state index contributed by atoms with van der Waals surface area (Å²) in [4.78, 5) is 108. The van der Waals surface area contributed by atoms with Gasteiger partial charge in [-0.05, 0) is 176 Å². The molecule has 0 N–H and O–H groups in total. The van der Waals surface area contributed by atoms with E-state index >= 15 is 0 Å². The van der Waals surface area contributed by atoms with E-state index in [1.165, 1.54) is 83.5 Å². The fraction of sp³-hybridized carbons (Fsp3) is 0.899. The molecule has 0 unspecified atom stereocenters. The molecule has 97 heavy (non-hydrogen) atoms. The van der Waals surface area contributed by atoms with Gasteiger partial charge in [-0.15, -0.1) is 0 Å². The van der Waals surface area contributed by atoms with E-state index in [4.69, 9.17) is 37.9 Å². The molecule has 18 heteroatoms. The number of esters is 8. The lowest BCUT2D eigenvalue weighted by molar-refractivity contribution is -0.156. The Labute approximate surface area is 587 Å². The first kappa shape index (κ1) is 85.1. The van der Waals surface area contributed by atoms with Crippen molar-refractivity contribution in [2.45, 2.75) is 293 Å². The van der Waals surface area contributed by atoms with Crippen LogP contribution in [0.5, 0.6) is 0 Å². The molecule has 4 aliphatic rings. The second-order valence-electron chi connectivity index (χ2n) is 31.2. The van der Waals surface area contributed by atoms with Crippen LogP contribution in [0.2, 0.25) is 0 Å². The van der Waals surface area contributed by atoms with Gasteiger partial charge in [-0.3, -0.25) is 38.4 Å². The Bertz CT molecular complexity index is 2090. The Balaban J connectivity index is 1.22. The fourth-order valence-electron chi connectivity index (χ4n) is 14.8. The Morgan fingerprint density at radius 3 is 0.711 bits per heavy atom. The van der Waals surface area contributed by atoms with E-state index in [9.17, 15) is 38.4 Å². The minimum atomic E-state index is -0.423. The summed E-state index contributed by atoms with van der Waals surface area (Å²) in [5.41, 5.74) is 0. The quantitative estimate of drug-likeness (QED) is 0.0314. The van der Waals surface area contributed by atoms with Crippen molar-refractivity contribution in [1.82, 2.24) is 9.80 Å². The maximum atomic E-state index is 13.1. The molecule has 0 bridgehead atoms. The zero-order chi connectivity index (χ0) is 70.4. The van der Waals surface area contributed by atoms with E-state index in [2.05, 4.69) is 65.2 Å². The molecule has 0 aliphatic heterocycles. The highest BCUT2D eigenvalue weighted by molar-refractivity contribution is 5.74. The smallest absolute Gasteiger partial charge is 0.309 e. The van der Waals surface area contributed by atoms with Crippen molar-refractivity contribution in [2.75, 3.05) is 92.1 Å². The minimum absolute atomic E-state index is 0.00566. The normalized spacial score (nSPS) is 21.4. The van der Waals surface area contributed by atoms with Crippen LogP contribution >= 0.6 is 0 Å². The zero-order valence-electron chi connectivity index (χ0n) is 62.4. The van der Waals surface area contributed by atoms with Crippen LogP contribution in [0.3, 0.4) is 0 Å². The van der Waals surface area contributed by atoms with Gasteiger partial charge in [-0.2, -0.15) is 0 Å². The van der Waals surface area contributed by atoms with Crippen LogP contribution in [-0.2, 0) is 76.3 Å². The predicted octanol–water partition coefficient (Wildman–Crippen LogP) is 16.0. The predicted molar refractivity (Wildman–Crippen MR) is 379 cm³/mol. The van der Waals surface area contributed by atoms with Gasteiger partial charge in [0.1, 0.15) is 52.9 Å². The number of nitrogens with zero attached hydrogens (tertiary/aromatic N) is 2. The van der Waals surface area contributed by atoms with Crippen LogP contribution < -0.4 is 0 Å². The number of rotatable bonds is 52. The summed E-state index contributed by atoms with van der Waals surface area (Å²) in [6.07, 6.45) is 34.6. The Hall–Kier alpha value is -4.32. The van der Waals surface area contributed by atoms with Gasteiger partial charge in [-0.25, -0.2) is 0 Å². The summed E-state index contributed by atoms with van der Waals surface area (Å²) in [5, 5.41) is 0. The highest BCUT2D eigenvalue weighted by Crippen LogP contribution is 2.37. The van der Waals surface area contributed by atoms with Crippen molar-refractivity contribution in [3.63, 3.8) is 0 Å². The Morgan fingerprint density at radius 2 is 0.474 bits per heavy atom. The number of hydrogen-bond donors (Lipinski definition) is 0. The summed E-state index contributed by atoms with van der Waals surface area (Å²) >= 11 is 0. The van der Waals surface area contributed by atoms with Crippen molar-refractivity contribution in [2.24, 2.45) is 71.0 Å².